The number of nitrogens with one attached hydrogen (secondary N) is 2. The lowest BCUT2D eigenvalue weighted by Gasteiger charge is -2.36. The fourth-order valence-electron chi connectivity index (χ4n) is 2.89. The third-order valence-corrected chi connectivity index (χ3v) is 3.81. The summed E-state index contributed by atoms with van der Waals surface area (Å²) in [6.45, 7) is 15.9. The molecule has 26 heavy (non-hydrogen) atoms. The molecule has 0 bridgehead atoms. The molecular formula is C19H34IN5O. The van der Waals surface area contributed by atoms with Crippen molar-refractivity contribution in [3.8, 4) is 0 Å². The maximum atomic E-state index is 5.79. The predicted octanol–water partition coefficient (Wildman–Crippen LogP) is 3.17. The molecule has 0 saturated carbocycles. The van der Waals surface area contributed by atoms with Crippen molar-refractivity contribution >= 4 is 35.8 Å². The van der Waals surface area contributed by atoms with E-state index in [4.69, 9.17) is 4.74 Å². The molecule has 2 heterocycles. The number of hydrogen-bond donors (Lipinski definition) is 2. The number of halogens is 1. The molecular weight excluding hydrogens is 441 g/mol. The van der Waals surface area contributed by atoms with Crippen LogP contribution in [0.3, 0.4) is 0 Å². The summed E-state index contributed by atoms with van der Waals surface area (Å²) in [7, 11) is 0. The molecule has 2 rings (SSSR count). The normalized spacial score (nSPS) is 21.2. The summed E-state index contributed by atoms with van der Waals surface area (Å²) in [5.41, 5.74) is 1.08. The summed E-state index contributed by atoms with van der Waals surface area (Å²) in [5.74, 6) is 1.84. The van der Waals surface area contributed by atoms with Crippen molar-refractivity contribution < 1.29 is 4.74 Å². The SMILES string of the molecule is CCNC(=NCc1ccc(N2CC(C)OC(C)C2)nc1)NC(C)(C)C.I. The number of guanidine groups is 1. The number of hydrogen-bond acceptors (Lipinski definition) is 4. The van der Waals surface area contributed by atoms with E-state index in [0.29, 0.717) is 6.54 Å². The van der Waals surface area contributed by atoms with E-state index in [1.54, 1.807) is 0 Å². The molecule has 0 aromatic carbocycles. The Bertz CT molecular complexity index is 560. The van der Waals surface area contributed by atoms with Gasteiger partial charge in [-0.2, -0.15) is 0 Å². The Morgan fingerprint density at radius 2 is 1.92 bits per heavy atom. The van der Waals surface area contributed by atoms with Crippen LogP contribution < -0.4 is 15.5 Å². The Morgan fingerprint density at radius 3 is 2.42 bits per heavy atom. The number of rotatable bonds is 4. The first-order valence-electron chi connectivity index (χ1n) is 9.18. The highest BCUT2D eigenvalue weighted by atomic mass is 127. The van der Waals surface area contributed by atoms with E-state index in [0.717, 1.165) is 37.0 Å². The topological polar surface area (TPSA) is 61.8 Å². The first-order valence-corrected chi connectivity index (χ1v) is 9.18. The Balaban J connectivity index is 0.00000338. The molecule has 0 aliphatic carbocycles. The van der Waals surface area contributed by atoms with Crippen molar-refractivity contribution in [2.24, 2.45) is 4.99 Å². The van der Waals surface area contributed by atoms with E-state index in [2.05, 4.69) is 79.2 Å². The molecule has 2 atom stereocenters. The molecule has 148 valence electrons. The van der Waals surface area contributed by atoms with E-state index in [9.17, 15) is 0 Å². The van der Waals surface area contributed by atoms with Crippen LogP contribution in [0, 0.1) is 0 Å². The number of nitrogens with zero attached hydrogens (tertiary/aromatic N) is 3. The molecule has 1 saturated heterocycles. The van der Waals surface area contributed by atoms with Crippen LogP contribution in [0.5, 0.6) is 0 Å². The van der Waals surface area contributed by atoms with Gasteiger partial charge in [0, 0.05) is 31.4 Å². The summed E-state index contributed by atoms with van der Waals surface area (Å²) in [5, 5.41) is 6.68. The largest absolute Gasteiger partial charge is 0.372 e. The quantitative estimate of drug-likeness (QED) is 0.398. The van der Waals surface area contributed by atoms with Crippen molar-refractivity contribution in [2.45, 2.75) is 65.8 Å². The maximum Gasteiger partial charge on any atom is 0.191 e. The first-order chi connectivity index (χ1) is 11.8. The van der Waals surface area contributed by atoms with E-state index >= 15 is 0 Å². The highest BCUT2D eigenvalue weighted by Gasteiger charge is 2.22. The fourth-order valence-corrected chi connectivity index (χ4v) is 2.89. The Morgan fingerprint density at radius 1 is 1.27 bits per heavy atom. The lowest BCUT2D eigenvalue weighted by molar-refractivity contribution is -0.00545. The van der Waals surface area contributed by atoms with E-state index in [1.807, 2.05) is 6.20 Å². The van der Waals surface area contributed by atoms with Crippen molar-refractivity contribution in [3.05, 3.63) is 23.9 Å². The van der Waals surface area contributed by atoms with Gasteiger partial charge >= 0.3 is 0 Å². The second-order valence-electron chi connectivity index (χ2n) is 7.76. The molecule has 1 aliphatic rings. The minimum absolute atomic E-state index is 0. The first kappa shape index (κ1) is 23.0. The van der Waals surface area contributed by atoms with E-state index in [1.165, 1.54) is 0 Å². The molecule has 2 unspecified atom stereocenters. The number of aliphatic imine (C=N–C) groups is 1. The Labute approximate surface area is 175 Å². The van der Waals surface area contributed by atoms with E-state index in [-0.39, 0.29) is 41.7 Å². The molecule has 0 radical (unpaired) electrons. The third kappa shape index (κ3) is 7.65. The zero-order valence-electron chi connectivity index (χ0n) is 16.9. The van der Waals surface area contributed by atoms with Gasteiger partial charge in [0.25, 0.3) is 0 Å². The summed E-state index contributed by atoms with van der Waals surface area (Å²) < 4.78 is 5.79. The van der Waals surface area contributed by atoms with Gasteiger partial charge in [0.15, 0.2) is 5.96 Å². The molecule has 7 heteroatoms. The van der Waals surface area contributed by atoms with Crippen LogP contribution in [-0.2, 0) is 11.3 Å². The second kappa shape index (κ2) is 10.3. The fraction of sp³-hybridized carbons (Fsp3) is 0.684. The number of anilines is 1. The van der Waals surface area contributed by atoms with Gasteiger partial charge in [-0.1, -0.05) is 6.07 Å². The molecule has 1 fully saturated rings. The van der Waals surface area contributed by atoms with Crippen LogP contribution in [-0.4, -0.2) is 48.3 Å². The van der Waals surface area contributed by atoms with Gasteiger partial charge in [-0.15, -0.1) is 24.0 Å². The zero-order valence-corrected chi connectivity index (χ0v) is 19.2. The smallest absolute Gasteiger partial charge is 0.191 e. The van der Waals surface area contributed by atoms with Gasteiger partial charge in [-0.25, -0.2) is 9.98 Å². The summed E-state index contributed by atoms with van der Waals surface area (Å²) in [6.07, 6.45) is 2.39. The van der Waals surface area contributed by atoms with Crippen LogP contribution in [0.25, 0.3) is 0 Å². The molecule has 1 aromatic heterocycles. The third-order valence-electron chi connectivity index (χ3n) is 3.81. The van der Waals surface area contributed by atoms with Gasteiger partial charge < -0.3 is 20.3 Å². The van der Waals surface area contributed by atoms with Gasteiger partial charge in [-0.05, 0) is 53.2 Å². The number of morpholine rings is 1. The molecule has 0 amide bonds. The number of aromatic nitrogens is 1. The van der Waals surface area contributed by atoms with Crippen molar-refractivity contribution in [1.29, 1.82) is 0 Å². The second-order valence-corrected chi connectivity index (χ2v) is 7.76. The highest BCUT2D eigenvalue weighted by molar-refractivity contribution is 14.0. The summed E-state index contributed by atoms with van der Waals surface area (Å²) >= 11 is 0. The molecule has 6 nitrogen and oxygen atoms in total. The van der Waals surface area contributed by atoms with Crippen LogP contribution in [0.2, 0.25) is 0 Å². The lowest BCUT2D eigenvalue weighted by Crippen LogP contribution is -2.47. The summed E-state index contributed by atoms with van der Waals surface area (Å²) in [4.78, 5) is 11.6. The van der Waals surface area contributed by atoms with Crippen LogP contribution in [0.15, 0.2) is 23.3 Å². The zero-order chi connectivity index (χ0) is 18.4. The van der Waals surface area contributed by atoms with Gasteiger partial charge in [0.2, 0.25) is 0 Å². The lowest BCUT2D eigenvalue weighted by atomic mass is 10.1. The minimum atomic E-state index is -0.0210. The van der Waals surface area contributed by atoms with E-state index < -0.39 is 0 Å². The molecule has 2 N–H and O–H groups in total. The molecule has 1 aliphatic heterocycles. The molecule has 0 spiro atoms. The predicted molar refractivity (Wildman–Crippen MR) is 120 cm³/mol. The van der Waals surface area contributed by atoms with Crippen LogP contribution in [0.1, 0.15) is 47.1 Å². The van der Waals surface area contributed by atoms with Crippen LogP contribution >= 0.6 is 24.0 Å². The van der Waals surface area contributed by atoms with Gasteiger partial charge in [-0.3, -0.25) is 0 Å². The van der Waals surface area contributed by atoms with Crippen LogP contribution in [0.4, 0.5) is 5.82 Å². The van der Waals surface area contributed by atoms with Gasteiger partial charge in [0.1, 0.15) is 5.82 Å². The summed E-state index contributed by atoms with van der Waals surface area (Å²) in [6, 6.07) is 4.19. The standard InChI is InChI=1S/C19H33N5O.HI/c1-7-20-18(23-19(4,5)6)22-11-16-8-9-17(21-10-16)24-12-14(2)25-15(3)13-24;/h8-10,14-15H,7,11-13H2,1-6H3,(H2,20,22,23);1H. The monoisotopic (exact) mass is 475 g/mol. The highest BCUT2D eigenvalue weighted by Crippen LogP contribution is 2.18. The molecule has 1 aromatic rings. The number of ether oxygens (including phenoxy) is 1. The van der Waals surface area contributed by atoms with Crippen molar-refractivity contribution in [3.63, 3.8) is 0 Å². The minimum Gasteiger partial charge on any atom is -0.372 e. The average molecular weight is 475 g/mol. The average Bonchev–Trinajstić information content (AvgIpc) is 2.51. The Kier molecular flexibility index (Phi) is 9.09. The number of pyridine rings is 1. The van der Waals surface area contributed by atoms with Crippen molar-refractivity contribution in [2.75, 3.05) is 24.5 Å². The van der Waals surface area contributed by atoms with Gasteiger partial charge in [0.05, 0.1) is 18.8 Å². The van der Waals surface area contributed by atoms with Crippen molar-refractivity contribution in [1.82, 2.24) is 15.6 Å². The maximum absolute atomic E-state index is 5.79. The Hall–Kier alpha value is -1.09.